The molecule has 86 valence electrons. The van der Waals surface area contributed by atoms with Crippen LogP contribution in [0.2, 0.25) is 0 Å². The lowest BCUT2D eigenvalue weighted by Gasteiger charge is -1.95. The van der Waals surface area contributed by atoms with Gasteiger partial charge < -0.3 is 0 Å². The summed E-state index contributed by atoms with van der Waals surface area (Å²) < 4.78 is 2.04. The van der Waals surface area contributed by atoms with E-state index in [9.17, 15) is 4.79 Å². The van der Waals surface area contributed by atoms with Crippen LogP contribution in [0.3, 0.4) is 0 Å². The highest BCUT2D eigenvalue weighted by molar-refractivity contribution is 9.11. The van der Waals surface area contributed by atoms with Crippen molar-refractivity contribution in [1.82, 2.24) is 0 Å². The van der Waals surface area contributed by atoms with Crippen molar-refractivity contribution < 1.29 is 4.79 Å². The molecule has 0 spiro atoms. The molecule has 1 aromatic carbocycles. The largest absolute Gasteiger partial charge is 0.289 e. The number of benzene rings is 1. The van der Waals surface area contributed by atoms with Crippen LogP contribution >= 0.6 is 43.2 Å². The second kappa shape index (κ2) is 5.76. The molecule has 1 aromatic heterocycles. The minimum absolute atomic E-state index is 0.0158. The molecule has 0 bridgehead atoms. The van der Waals surface area contributed by atoms with Gasteiger partial charge in [0.05, 0.1) is 3.79 Å². The second-order valence-electron chi connectivity index (χ2n) is 3.35. The van der Waals surface area contributed by atoms with E-state index in [1.807, 2.05) is 30.3 Å². The molecule has 0 amide bonds. The molecule has 2 aromatic rings. The molecule has 2 rings (SSSR count). The van der Waals surface area contributed by atoms with E-state index in [-0.39, 0.29) is 5.78 Å². The Morgan fingerprint density at radius 1 is 1.06 bits per heavy atom. The lowest BCUT2D eigenvalue weighted by Crippen LogP contribution is -1.92. The predicted octanol–water partition coefficient (Wildman–Crippen LogP) is 5.17. The first-order valence-corrected chi connectivity index (χ1v) is 7.29. The van der Waals surface area contributed by atoms with Crippen molar-refractivity contribution in [3.05, 3.63) is 61.2 Å². The predicted molar refractivity (Wildman–Crippen MR) is 79.5 cm³/mol. The fourth-order valence-electron chi connectivity index (χ4n) is 1.29. The number of rotatable bonds is 3. The van der Waals surface area contributed by atoms with Gasteiger partial charge in [0.25, 0.3) is 0 Å². The maximum absolute atomic E-state index is 11.8. The number of halogens is 2. The smallest absolute Gasteiger partial charge is 0.185 e. The third-order valence-electron chi connectivity index (χ3n) is 2.12. The topological polar surface area (TPSA) is 17.1 Å². The lowest BCUT2D eigenvalue weighted by atomic mass is 10.1. The van der Waals surface area contributed by atoms with Gasteiger partial charge in [-0.05, 0) is 64.5 Å². The summed E-state index contributed by atoms with van der Waals surface area (Å²) in [4.78, 5) is 12.9. The molecule has 0 N–H and O–H groups in total. The first-order valence-electron chi connectivity index (χ1n) is 4.88. The van der Waals surface area contributed by atoms with E-state index >= 15 is 0 Å². The summed E-state index contributed by atoms with van der Waals surface area (Å²) in [6.45, 7) is 0. The summed E-state index contributed by atoms with van der Waals surface area (Å²) in [5.41, 5.74) is 0.695. The van der Waals surface area contributed by atoms with Crippen molar-refractivity contribution in [2.75, 3.05) is 0 Å². The molecule has 4 heteroatoms. The zero-order valence-electron chi connectivity index (χ0n) is 8.69. The summed E-state index contributed by atoms with van der Waals surface area (Å²) in [5.74, 6) is 0.0158. The van der Waals surface area contributed by atoms with Gasteiger partial charge in [0.2, 0.25) is 0 Å². The molecule has 0 radical (unpaired) electrons. The molecule has 0 aliphatic carbocycles. The van der Waals surface area contributed by atoms with Gasteiger partial charge in [-0.15, -0.1) is 11.3 Å². The second-order valence-corrected chi connectivity index (χ2v) is 6.76. The monoisotopic (exact) mass is 370 g/mol. The number of carbonyl (C=O) groups excluding carboxylic acids is 1. The Hall–Kier alpha value is -0.710. The van der Waals surface area contributed by atoms with Crippen LogP contribution < -0.4 is 0 Å². The number of carbonyl (C=O) groups is 1. The zero-order valence-corrected chi connectivity index (χ0v) is 12.7. The molecule has 1 heterocycles. The number of allylic oxidation sites excluding steroid dienone is 1. The Labute approximate surface area is 120 Å². The third kappa shape index (κ3) is 3.63. The van der Waals surface area contributed by atoms with Gasteiger partial charge in [0, 0.05) is 14.9 Å². The van der Waals surface area contributed by atoms with Crippen molar-refractivity contribution in [2.45, 2.75) is 0 Å². The Balaban J connectivity index is 2.11. The molecule has 17 heavy (non-hydrogen) atoms. The van der Waals surface area contributed by atoms with E-state index < -0.39 is 0 Å². The van der Waals surface area contributed by atoms with Crippen molar-refractivity contribution in [3.8, 4) is 0 Å². The molecule has 0 fully saturated rings. The van der Waals surface area contributed by atoms with Crippen molar-refractivity contribution in [1.29, 1.82) is 0 Å². The van der Waals surface area contributed by atoms with E-state index in [4.69, 9.17) is 0 Å². The van der Waals surface area contributed by atoms with Gasteiger partial charge in [0.1, 0.15) is 0 Å². The number of thiophene rings is 1. The highest BCUT2D eigenvalue weighted by atomic mass is 79.9. The number of ketones is 1. The summed E-state index contributed by atoms with van der Waals surface area (Å²) in [6, 6.07) is 11.3. The standard InChI is InChI=1S/C13H8Br2OS/c14-10-3-1-9(2-4-10)12(16)7-5-11-6-8-13(15)17-11/h1-8H/b7-5-. The lowest BCUT2D eigenvalue weighted by molar-refractivity contribution is 0.104. The normalized spacial score (nSPS) is 10.9. The third-order valence-corrected chi connectivity index (χ3v) is 4.24. The van der Waals surface area contributed by atoms with Gasteiger partial charge in [-0.2, -0.15) is 0 Å². The fourth-order valence-corrected chi connectivity index (χ4v) is 2.88. The van der Waals surface area contributed by atoms with Crippen LogP contribution in [0.1, 0.15) is 15.2 Å². The van der Waals surface area contributed by atoms with Gasteiger partial charge in [-0.25, -0.2) is 0 Å². The molecular formula is C13H8Br2OS. The molecular weight excluding hydrogens is 364 g/mol. The van der Waals surface area contributed by atoms with Crippen molar-refractivity contribution in [2.24, 2.45) is 0 Å². The summed E-state index contributed by atoms with van der Waals surface area (Å²) >= 11 is 8.32. The van der Waals surface area contributed by atoms with Crippen LogP contribution in [-0.2, 0) is 0 Å². The summed E-state index contributed by atoms with van der Waals surface area (Å²) in [6.07, 6.45) is 3.43. The minimum Gasteiger partial charge on any atom is -0.289 e. The number of hydrogen-bond donors (Lipinski definition) is 0. The Morgan fingerprint density at radius 2 is 1.76 bits per heavy atom. The van der Waals surface area contributed by atoms with Gasteiger partial charge in [-0.3, -0.25) is 4.79 Å². The molecule has 0 saturated carbocycles. The van der Waals surface area contributed by atoms with Crippen LogP contribution in [0.5, 0.6) is 0 Å². The van der Waals surface area contributed by atoms with Crippen LogP contribution in [0.4, 0.5) is 0 Å². The van der Waals surface area contributed by atoms with E-state index in [1.54, 1.807) is 29.5 Å². The average molecular weight is 372 g/mol. The quantitative estimate of drug-likeness (QED) is 0.537. The summed E-state index contributed by atoms with van der Waals surface area (Å²) in [7, 11) is 0. The van der Waals surface area contributed by atoms with Crippen molar-refractivity contribution in [3.63, 3.8) is 0 Å². The van der Waals surface area contributed by atoms with Crippen LogP contribution in [0, 0.1) is 0 Å². The van der Waals surface area contributed by atoms with Gasteiger partial charge >= 0.3 is 0 Å². The Kier molecular flexibility index (Phi) is 4.31. The summed E-state index contributed by atoms with van der Waals surface area (Å²) in [5, 5.41) is 0. The zero-order chi connectivity index (χ0) is 12.3. The van der Waals surface area contributed by atoms with E-state index in [0.717, 1.165) is 13.1 Å². The van der Waals surface area contributed by atoms with E-state index in [0.29, 0.717) is 5.56 Å². The number of hydrogen-bond acceptors (Lipinski definition) is 2. The SMILES string of the molecule is O=C(/C=C\c1ccc(Br)s1)c1ccc(Br)cc1. The average Bonchev–Trinajstić information content (AvgIpc) is 2.73. The van der Waals surface area contributed by atoms with Gasteiger partial charge in [0.15, 0.2) is 5.78 Å². The Bertz CT molecular complexity index is 555. The van der Waals surface area contributed by atoms with E-state index in [2.05, 4.69) is 31.9 Å². The first-order chi connectivity index (χ1) is 8.15. The highest BCUT2D eigenvalue weighted by Crippen LogP contribution is 2.23. The van der Waals surface area contributed by atoms with Crippen molar-refractivity contribution >= 4 is 55.1 Å². The van der Waals surface area contributed by atoms with E-state index in [1.165, 1.54) is 0 Å². The molecule has 0 aliphatic rings. The maximum Gasteiger partial charge on any atom is 0.185 e. The highest BCUT2D eigenvalue weighted by Gasteiger charge is 2.01. The van der Waals surface area contributed by atoms with Gasteiger partial charge in [-0.1, -0.05) is 15.9 Å². The molecule has 0 atom stereocenters. The molecule has 0 aliphatic heterocycles. The van der Waals surface area contributed by atoms with Crippen LogP contribution in [0.25, 0.3) is 6.08 Å². The fraction of sp³-hybridized carbons (Fsp3) is 0. The molecule has 0 saturated heterocycles. The molecule has 0 unspecified atom stereocenters. The molecule has 1 nitrogen and oxygen atoms in total. The van der Waals surface area contributed by atoms with Crippen LogP contribution in [-0.4, -0.2) is 5.78 Å². The maximum atomic E-state index is 11.8. The first kappa shape index (κ1) is 12.7. The van der Waals surface area contributed by atoms with Crippen LogP contribution in [0.15, 0.2) is 50.7 Å². The minimum atomic E-state index is 0.0158. The Morgan fingerprint density at radius 3 is 2.35 bits per heavy atom.